The van der Waals surface area contributed by atoms with Crippen molar-refractivity contribution in [2.45, 2.75) is 26.8 Å². The molecule has 1 heterocycles. The highest BCUT2D eigenvalue weighted by Crippen LogP contribution is 2.16. The molecule has 0 aromatic carbocycles. The summed E-state index contributed by atoms with van der Waals surface area (Å²) < 4.78 is 2.01. The summed E-state index contributed by atoms with van der Waals surface area (Å²) >= 11 is 3.32. The van der Waals surface area contributed by atoms with Crippen LogP contribution in [-0.4, -0.2) is 22.0 Å². The number of hydrogen-bond acceptors (Lipinski definition) is 4. The molecule has 1 amide bonds. The Morgan fingerprint density at radius 2 is 2.22 bits per heavy atom. The second-order valence-corrected chi connectivity index (χ2v) is 4.52. The molecular formula is C11H13BrN4O2. The van der Waals surface area contributed by atoms with E-state index in [1.807, 2.05) is 6.07 Å². The monoisotopic (exact) mass is 312 g/mol. The third-order valence-electron chi connectivity index (χ3n) is 2.40. The van der Waals surface area contributed by atoms with E-state index in [0.717, 1.165) is 0 Å². The van der Waals surface area contributed by atoms with Crippen LogP contribution in [0.15, 0.2) is 9.27 Å². The lowest BCUT2D eigenvalue weighted by atomic mass is 10.3. The number of nitriles is 1. The van der Waals surface area contributed by atoms with Crippen molar-refractivity contribution in [2.75, 3.05) is 6.54 Å². The molecule has 0 radical (unpaired) electrons. The minimum Gasteiger partial charge on any atom is -0.354 e. The van der Waals surface area contributed by atoms with Crippen LogP contribution in [0.25, 0.3) is 0 Å². The first-order valence-electron chi connectivity index (χ1n) is 5.34. The minimum absolute atomic E-state index is 0.0953. The van der Waals surface area contributed by atoms with E-state index in [9.17, 15) is 9.59 Å². The summed E-state index contributed by atoms with van der Waals surface area (Å²) in [6.07, 6.45) is 0.245. The lowest BCUT2D eigenvalue weighted by molar-refractivity contribution is -0.121. The van der Waals surface area contributed by atoms with Gasteiger partial charge in [-0.25, -0.2) is 4.79 Å². The predicted molar refractivity (Wildman–Crippen MR) is 68.9 cm³/mol. The molecule has 0 aliphatic heterocycles. The van der Waals surface area contributed by atoms with E-state index in [2.05, 4.69) is 26.2 Å². The molecule has 7 heteroatoms. The number of nitrogens with one attached hydrogen (secondary N) is 1. The molecule has 6 nitrogen and oxygen atoms in total. The summed E-state index contributed by atoms with van der Waals surface area (Å²) in [4.78, 5) is 27.1. The first-order valence-corrected chi connectivity index (χ1v) is 6.14. The molecule has 0 bridgehead atoms. The van der Waals surface area contributed by atoms with Gasteiger partial charge in [0.25, 0.3) is 0 Å². The topological polar surface area (TPSA) is 87.8 Å². The average molecular weight is 313 g/mol. The molecule has 0 fully saturated rings. The van der Waals surface area contributed by atoms with Gasteiger partial charge in [-0.2, -0.15) is 10.2 Å². The Labute approximate surface area is 113 Å². The number of aromatic nitrogens is 2. The number of aryl methyl sites for hydroxylation is 1. The van der Waals surface area contributed by atoms with Crippen molar-refractivity contribution < 1.29 is 4.79 Å². The van der Waals surface area contributed by atoms with Gasteiger partial charge in [-0.15, -0.1) is 0 Å². The number of carbonyl (C=O) groups is 1. The quantitative estimate of drug-likeness (QED) is 0.827. The first-order chi connectivity index (χ1) is 8.47. The number of nitrogens with zero attached hydrogens (tertiary/aromatic N) is 3. The van der Waals surface area contributed by atoms with Crippen LogP contribution in [0, 0.1) is 25.2 Å². The van der Waals surface area contributed by atoms with E-state index >= 15 is 0 Å². The fourth-order valence-electron chi connectivity index (χ4n) is 1.42. The Bertz CT molecular complexity index is 559. The third-order valence-corrected chi connectivity index (χ3v) is 3.54. The van der Waals surface area contributed by atoms with Crippen LogP contribution in [0.4, 0.5) is 0 Å². The molecule has 1 aromatic rings. The number of amides is 1. The van der Waals surface area contributed by atoms with Gasteiger partial charge in [-0.1, -0.05) is 0 Å². The molecule has 96 valence electrons. The van der Waals surface area contributed by atoms with E-state index in [1.165, 1.54) is 4.57 Å². The molecular weight excluding hydrogens is 300 g/mol. The fraction of sp³-hybridized carbons (Fsp3) is 0.455. The van der Waals surface area contributed by atoms with Gasteiger partial charge in [0.05, 0.1) is 22.7 Å². The second kappa shape index (κ2) is 6.31. The van der Waals surface area contributed by atoms with E-state index < -0.39 is 5.69 Å². The van der Waals surface area contributed by atoms with Gasteiger partial charge in [0, 0.05) is 12.2 Å². The Morgan fingerprint density at radius 1 is 1.56 bits per heavy atom. The standard InChI is InChI=1S/C11H13BrN4O2/c1-7-10(12)8(2)16(11(18)15-7)6-9(17)14-5-3-4-13/h3,5-6H2,1-2H3,(H,14,17). The fourth-order valence-corrected chi connectivity index (χ4v) is 1.72. The van der Waals surface area contributed by atoms with Crippen LogP contribution in [0.5, 0.6) is 0 Å². The minimum atomic E-state index is -0.455. The lowest BCUT2D eigenvalue weighted by Crippen LogP contribution is -2.35. The number of hydrogen-bond donors (Lipinski definition) is 1. The van der Waals surface area contributed by atoms with E-state index in [-0.39, 0.29) is 25.4 Å². The number of halogens is 1. The van der Waals surface area contributed by atoms with Crippen molar-refractivity contribution in [1.29, 1.82) is 5.26 Å². The summed E-state index contributed by atoms with van der Waals surface area (Å²) in [6.45, 7) is 3.64. The smallest absolute Gasteiger partial charge is 0.348 e. The summed E-state index contributed by atoms with van der Waals surface area (Å²) in [7, 11) is 0. The maximum Gasteiger partial charge on any atom is 0.348 e. The Hall–Kier alpha value is -1.68. The maximum absolute atomic E-state index is 11.7. The van der Waals surface area contributed by atoms with E-state index in [0.29, 0.717) is 15.9 Å². The largest absolute Gasteiger partial charge is 0.354 e. The highest BCUT2D eigenvalue weighted by molar-refractivity contribution is 9.10. The van der Waals surface area contributed by atoms with Gasteiger partial charge in [0.15, 0.2) is 0 Å². The lowest BCUT2D eigenvalue weighted by Gasteiger charge is -2.11. The van der Waals surface area contributed by atoms with Crippen molar-refractivity contribution >= 4 is 21.8 Å². The SMILES string of the molecule is Cc1nc(=O)n(CC(=O)NCCC#N)c(C)c1Br. The van der Waals surface area contributed by atoms with Crippen molar-refractivity contribution in [3.05, 3.63) is 26.3 Å². The van der Waals surface area contributed by atoms with Crippen molar-refractivity contribution in [3.8, 4) is 6.07 Å². The van der Waals surface area contributed by atoms with Gasteiger partial charge in [0.2, 0.25) is 5.91 Å². The van der Waals surface area contributed by atoms with Crippen molar-refractivity contribution in [2.24, 2.45) is 0 Å². The van der Waals surface area contributed by atoms with E-state index in [1.54, 1.807) is 13.8 Å². The zero-order chi connectivity index (χ0) is 13.7. The average Bonchev–Trinajstić information content (AvgIpc) is 2.32. The van der Waals surface area contributed by atoms with Gasteiger partial charge >= 0.3 is 5.69 Å². The van der Waals surface area contributed by atoms with Crippen LogP contribution in [0.1, 0.15) is 17.8 Å². The first kappa shape index (κ1) is 14.4. The van der Waals surface area contributed by atoms with Gasteiger partial charge in [0.1, 0.15) is 6.54 Å². The van der Waals surface area contributed by atoms with Gasteiger partial charge in [-0.3, -0.25) is 9.36 Å². The zero-order valence-electron chi connectivity index (χ0n) is 10.2. The van der Waals surface area contributed by atoms with Crippen LogP contribution in [0.2, 0.25) is 0 Å². The highest BCUT2D eigenvalue weighted by atomic mass is 79.9. The normalized spacial score (nSPS) is 9.89. The van der Waals surface area contributed by atoms with Crippen LogP contribution in [-0.2, 0) is 11.3 Å². The Balaban J connectivity index is 2.86. The molecule has 0 unspecified atom stereocenters. The molecule has 1 rings (SSSR count). The van der Waals surface area contributed by atoms with Crippen LogP contribution < -0.4 is 11.0 Å². The predicted octanol–water partition coefficient (Wildman–Crippen LogP) is 0.653. The molecule has 0 spiro atoms. The molecule has 0 atom stereocenters. The Morgan fingerprint density at radius 3 is 2.83 bits per heavy atom. The molecule has 0 aliphatic rings. The molecule has 0 saturated carbocycles. The molecule has 0 saturated heterocycles. The molecule has 18 heavy (non-hydrogen) atoms. The number of carbonyl (C=O) groups excluding carboxylic acids is 1. The second-order valence-electron chi connectivity index (χ2n) is 3.72. The van der Waals surface area contributed by atoms with Crippen molar-refractivity contribution in [1.82, 2.24) is 14.9 Å². The highest BCUT2D eigenvalue weighted by Gasteiger charge is 2.11. The van der Waals surface area contributed by atoms with Crippen LogP contribution in [0.3, 0.4) is 0 Å². The van der Waals surface area contributed by atoms with Gasteiger partial charge < -0.3 is 5.32 Å². The van der Waals surface area contributed by atoms with Crippen molar-refractivity contribution in [3.63, 3.8) is 0 Å². The van der Waals surface area contributed by atoms with Crippen LogP contribution >= 0.6 is 15.9 Å². The zero-order valence-corrected chi connectivity index (χ0v) is 11.7. The summed E-state index contributed by atoms with van der Waals surface area (Å²) in [6, 6.07) is 1.92. The number of rotatable bonds is 4. The maximum atomic E-state index is 11.7. The summed E-state index contributed by atoms with van der Waals surface area (Å²) in [5, 5.41) is 10.9. The molecule has 0 aliphatic carbocycles. The summed E-state index contributed by atoms with van der Waals surface area (Å²) in [5.74, 6) is -0.312. The molecule has 1 N–H and O–H groups in total. The Kier molecular flexibility index (Phi) is 5.04. The molecule has 1 aromatic heterocycles. The third kappa shape index (κ3) is 3.40. The van der Waals surface area contributed by atoms with E-state index in [4.69, 9.17) is 5.26 Å². The van der Waals surface area contributed by atoms with Gasteiger partial charge in [-0.05, 0) is 29.8 Å². The summed E-state index contributed by atoms with van der Waals surface area (Å²) in [5.41, 5.74) is 0.796.